The average molecular weight is 342 g/mol. The number of likely N-dealkylation sites (N-methyl/N-ethyl adjacent to an activating group) is 1. The first-order valence-corrected chi connectivity index (χ1v) is 8.19. The second kappa shape index (κ2) is 7.43. The highest BCUT2D eigenvalue weighted by Gasteiger charge is 2.27. The summed E-state index contributed by atoms with van der Waals surface area (Å²) in [5.74, 6) is 1.16. The van der Waals surface area contributed by atoms with Crippen molar-refractivity contribution in [3.05, 3.63) is 35.7 Å². The van der Waals surface area contributed by atoms with Crippen LogP contribution >= 0.6 is 0 Å². The Morgan fingerprint density at radius 1 is 1.48 bits per heavy atom. The minimum Gasteiger partial charge on any atom is -0.497 e. The number of hydrogen-bond donors (Lipinski definition) is 1. The Hall–Kier alpha value is -2.74. The lowest BCUT2D eigenvalue weighted by molar-refractivity contribution is -0.125. The van der Waals surface area contributed by atoms with Crippen LogP contribution in [-0.2, 0) is 4.79 Å². The van der Waals surface area contributed by atoms with Crippen LogP contribution in [0.2, 0.25) is 0 Å². The smallest absolute Gasteiger partial charge is 0.272 e. The maximum atomic E-state index is 13.1. The molecule has 1 aromatic carbocycles. The van der Waals surface area contributed by atoms with Crippen LogP contribution in [0.15, 0.2) is 24.3 Å². The molecule has 8 heteroatoms. The molecule has 132 valence electrons. The molecule has 1 saturated heterocycles. The van der Waals surface area contributed by atoms with Crippen molar-refractivity contribution in [2.24, 2.45) is 0 Å². The zero-order chi connectivity index (χ0) is 17.8. The summed E-state index contributed by atoms with van der Waals surface area (Å²) >= 11 is 0. The van der Waals surface area contributed by atoms with Gasteiger partial charge in [0.2, 0.25) is 0 Å². The summed E-state index contributed by atoms with van der Waals surface area (Å²) < 4.78 is 6.73. The number of carbonyl (C=O) groups excluding carboxylic acids is 1. The van der Waals surface area contributed by atoms with Gasteiger partial charge in [-0.1, -0.05) is 12.1 Å². The Kier molecular flexibility index (Phi) is 5.08. The number of hydrogen-bond acceptors (Lipinski definition) is 6. The van der Waals surface area contributed by atoms with Gasteiger partial charge in [-0.2, -0.15) is 4.68 Å². The number of carbonyl (C=O) groups is 1. The quantitative estimate of drug-likeness (QED) is 0.810. The average Bonchev–Trinajstić information content (AvgIpc) is 3.30. The van der Waals surface area contributed by atoms with Gasteiger partial charge in [-0.05, 0) is 54.1 Å². The molecule has 0 radical (unpaired) electrons. The van der Waals surface area contributed by atoms with Crippen LogP contribution in [-0.4, -0.2) is 64.3 Å². The van der Waals surface area contributed by atoms with Crippen molar-refractivity contribution in [3.8, 4) is 5.75 Å². The Balaban J connectivity index is 1.99. The molecule has 25 heavy (non-hydrogen) atoms. The lowest BCUT2D eigenvalue weighted by atomic mass is 10.1. The van der Waals surface area contributed by atoms with Gasteiger partial charge >= 0.3 is 0 Å². The molecule has 0 aliphatic carbocycles. The molecule has 8 nitrogen and oxygen atoms in total. The van der Waals surface area contributed by atoms with E-state index in [0.29, 0.717) is 11.5 Å². The molecule has 1 amide bonds. The molecule has 0 bridgehead atoms. The summed E-state index contributed by atoms with van der Waals surface area (Å²) in [6, 6.07) is 7.68. The van der Waals surface area contributed by atoms with Crippen LogP contribution in [0, 0.1) is 6.92 Å². The third kappa shape index (κ3) is 3.69. The van der Waals surface area contributed by atoms with Crippen LogP contribution < -0.4 is 10.1 Å². The van der Waals surface area contributed by atoms with Crippen molar-refractivity contribution in [3.63, 3.8) is 0 Å². The monoisotopic (exact) mass is 342 g/mol. The fourth-order valence-corrected chi connectivity index (χ4v) is 2.87. The number of rotatable bonds is 5. The summed E-state index contributed by atoms with van der Waals surface area (Å²) in [7, 11) is 3.43. The number of nitrogens with zero attached hydrogens (tertiary/aromatic N) is 5. The Labute approximate surface area is 146 Å². The highest BCUT2D eigenvalue weighted by Crippen LogP contribution is 2.20. The predicted octanol–water partition coefficient (Wildman–Crippen LogP) is 0.809. The van der Waals surface area contributed by atoms with Crippen molar-refractivity contribution in [2.45, 2.75) is 19.4 Å². The molecule has 1 atom stereocenters. The third-order valence-electron chi connectivity index (χ3n) is 4.37. The molecule has 1 N–H and O–H groups in total. The van der Waals surface area contributed by atoms with Gasteiger partial charge in [0, 0.05) is 19.6 Å². The highest BCUT2D eigenvalue weighted by atomic mass is 16.5. The standard InChI is InChI=1S/C17H22N6O2/c1-12-19-20-21-23(12)16(10-13-5-4-6-15(9-13)25-3)17(24)22(2)14-7-8-18-11-14/h4-6,9-10,14,18H,7-8,11H2,1-3H3/b16-10-. The second-order valence-corrected chi connectivity index (χ2v) is 6.01. The first-order chi connectivity index (χ1) is 12.1. The third-order valence-corrected chi connectivity index (χ3v) is 4.37. The molecule has 1 unspecified atom stereocenters. The topological polar surface area (TPSA) is 85.2 Å². The van der Waals surface area contributed by atoms with Crippen LogP contribution in [0.1, 0.15) is 17.8 Å². The summed E-state index contributed by atoms with van der Waals surface area (Å²) in [5.41, 5.74) is 1.25. The molecule has 3 rings (SSSR count). The van der Waals surface area contributed by atoms with Crippen LogP contribution in [0.3, 0.4) is 0 Å². The highest BCUT2D eigenvalue weighted by molar-refractivity contribution is 6.18. The molecule has 0 saturated carbocycles. The predicted molar refractivity (Wildman–Crippen MR) is 93.8 cm³/mol. The van der Waals surface area contributed by atoms with Gasteiger partial charge in [0.15, 0.2) is 5.82 Å². The zero-order valence-corrected chi connectivity index (χ0v) is 14.6. The normalized spacial score (nSPS) is 17.6. The summed E-state index contributed by atoms with van der Waals surface area (Å²) in [4.78, 5) is 14.9. The summed E-state index contributed by atoms with van der Waals surface area (Å²) in [6.45, 7) is 3.48. The summed E-state index contributed by atoms with van der Waals surface area (Å²) in [5, 5.41) is 14.8. The van der Waals surface area contributed by atoms with Gasteiger partial charge in [0.25, 0.3) is 5.91 Å². The molecular weight excluding hydrogens is 320 g/mol. The van der Waals surface area contributed by atoms with E-state index in [2.05, 4.69) is 20.8 Å². The molecule has 0 spiro atoms. The van der Waals surface area contributed by atoms with Gasteiger partial charge in [-0.25, -0.2) is 0 Å². The SMILES string of the molecule is COc1cccc(/C=C(/C(=O)N(C)C2CCNC2)n2nnnc2C)c1. The fourth-order valence-electron chi connectivity index (χ4n) is 2.87. The molecule has 1 aliphatic rings. The van der Waals surface area contributed by atoms with E-state index in [1.54, 1.807) is 25.0 Å². The molecule has 1 aromatic heterocycles. The van der Waals surface area contributed by atoms with Crippen molar-refractivity contribution in [1.29, 1.82) is 0 Å². The largest absolute Gasteiger partial charge is 0.497 e. The van der Waals surface area contributed by atoms with E-state index in [4.69, 9.17) is 4.74 Å². The van der Waals surface area contributed by atoms with E-state index in [1.807, 2.05) is 31.3 Å². The molecule has 1 aliphatic heterocycles. The van der Waals surface area contributed by atoms with Crippen LogP contribution in [0.25, 0.3) is 11.8 Å². The van der Waals surface area contributed by atoms with Crippen molar-refractivity contribution >= 4 is 17.7 Å². The number of methoxy groups -OCH3 is 1. The number of nitrogens with one attached hydrogen (secondary N) is 1. The first-order valence-electron chi connectivity index (χ1n) is 8.19. The maximum absolute atomic E-state index is 13.1. The Morgan fingerprint density at radius 2 is 2.32 bits per heavy atom. The number of aromatic nitrogens is 4. The lowest BCUT2D eigenvalue weighted by Gasteiger charge is -2.25. The van der Waals surface area contributed by atoms with E-state index < -0.39 is 0 Å². The number of ether oxygens (including phenoxy) is 1. The van der Waals surface area contributed by atoms with E-state index in [-0.39, 0.29) is 11.9 Å². The molecule has 2 aromatic rings. The van der Waals surface area contributed by atoms with Gasteiger partial charge < -0.3 is 15.0 Å². The van der Waals surface area contributed by atoms with E-state index in [1.165, 1.54) is 4.68 Å². The van der Waals surface area contributed by atoms with Gasteiger partial charge in [0.05, 0.1) is 7.11 Å². The second-order valence-electron chi connectivity index (χ2n) is 6.01. The van der Waals surface area contributed by atoms with Crippen LogP contribution in [0.4, 0.5) is 0 Å². The van der Waals surface area contributed by atoms with Crippen molar-refractivity contribution in [2.75, 3.05) is 27.2 Å². The lowest BCUT2D eigenvalue weighted by Crippen LogP contribution is -2.39. The number of benzene rings is 1. The molecule has 2 heterocycles. The van der Waals surface area contributed by atoms with E-state index in [0.717, 1.165) is 30.8 Å². The van der Waals surface area contributed by atoms with Crippen LogP contribution in [0.5, 0.6) is 5.75 Å². The van der Waals surface area contributed by atoms with Gasteiger partial charge in [-0.15, -0.1) is 5.10 Å². The summed E-state index contributed by atoms with van der Waals surface area (Å²) in [6.07, 6.45) is 2.72. The van der Waals surface area contributed by atoms with Crippen molar-refractivity contribution in [1.82, 2.24) is 30.4 Å². The number of amides is 1. The maximum Gasteiger partial charge on any atom is 0.272 e. The van der Waals surface area contributed by atoms with E-state index >= 15 is 0 Å². The fraction of sp³-hybridized carbons (Fsp3) is 0.412. The first kappa shape index (κ1) is 17.1. The van der Waals surface area contributed by atoms with Gasteiger partial charge in [0.1, 0.15) is 11.4 Å². The number of tetrazole rings is 1. The Morgan fingerprint density at radius 3 is 2.96 bits per heavy atom. The Bertz CT molecular complexity index is 779. The minimum atomic E-state index is -0.119. The zero-order valence-electron chi connectivity index (χ0n) is 14.6. The van der Waals surface area contributed by atoms with E-state index in [9.17, 15) is 4.79 Å². The van der Waals surface area contributed by atoms with Gasteiger partial charge in [-0.3, -0.25) is 4.79 Å². The molecular formula is C17H22N6O2. The minimum absolute atomic E-state index is 0.119. The molecule has 1 fully saturated rings. The van der Waals surface area contributed by atoms with Crippen molar-refractivity contribution < 1.29 is 9.53 Å². The number of aryl methyl sites for hydroxylation is 1.